The fraction of sp³-hybridized carbons (Fsp3) is 0.529. The van der Waals surface area contributed by atoms with Crippen LogP contribution in [0.25, 0.3) is 0 Å². The van der Waals surface area contributed by atoms with Crippen LogP contribution in [0.4, 0.5) is 0 Å². The van der Waals surface area contributed by atoms with Gasteiger partial charge >= 0.3 is 0 Å². The van der Waals surface area contributed by atoms with Gasteiger partial charge in [-0.2, -0.15) is 0 Å². The Morgan fingerprint density at radius 2 is 2.20 bits per heavy atom. The minimum absolute atomic E-state index is 0.280. The van der Waals surface area contributed by atoms with E-state index in [1.165, 1.54) is 5.56 Å². The summed E-state index contributed by atoms with van der Waals surface area (Å²) in [7, 11) is 0. The number of rotatable bonds is 6. The lowest BCUT2D eigenvalue weighted by molar-refractivity contribution is -0.109. The van der Waals surface area contributed by atoms with Gasteiger partial charge < -0.3 is 9.84 Å². The van der Waals surface area contributed by atoms with Gasteiger partial charge in [0.15, 0.2) is 0 Å². The quantitative estimate of drug-likeness (QED) is 0.810. The van der Waals surface area contributed by atoms with Crippen LogP contribution in [0.1, 0.15) is 25.3 Å². The van der Waals surface area contributed by atoms with Gasteiger partial charge in [-0.1, -0.05) is 36.4 Å². The number of β-amino-alcohol motifs (C(OH)–C–C–N with tert-alkyl or cyclic N) is 1. The van der Waals surface area contributed by atoms with Crippen molar-refractivity contribution in [2.75, 3.05) is 26.2 Å². The standard InChI is InChI=1S/C17H25NO2/c1-3-4-10-16(19)13-18-11-12-20-17(2,14-18)15-8-6-5-7-9-15/h3,5-9,16,19H,1,4,10-14H2,2H3. The Bertz CT molecular complexity index is 420. The lowest BCUT2D eigenvalue weighted by Gasteiger charge is -2.41. The molecule has 110 valence electrons. The predicted octanol–water partition coefficient (Wildman–Crippen LogP) is 2.56. The molecule has 1 N–H and O–H groups in total. The second kappa shape index (κ2) is 7.02. The van der Waals surface area contributed by atoms with E-state index in [-0.39, 0.29) is 11.7 Å². The molecule has 3 nitrogen and oxygen atoms in total. The largest absolute Gasteiger partial charge is 0.392 e. The highest BCUT2D eigenvalue weighted by Crippen LogP contribution is 2.29. The Morgan fingerprint density at radius 1 is 1.45 bits per heavy atom. The summed E-state index contributed by atoms with van der Waals surface area (Å²) >= 11 is 0. The summed E-state index contributed by atoms with van der Waals surface area (Å²) in [6.45, 7) is 8.95. The highest BCUT2D eigenvalue weighted by atomic mass is 16.5. The summed E-state index contributed by atoms with van der Waals surface area (Å²) in [6, 6.07) is 10.3. The van der Waals surface area contributed by atoms with Crippen molar-refractivity contribution in [3.05, 3.63) is 48.6 Å². The summed E-state index contributed by atoms with van der Waals surface area (Å²) in [5.41, 5.74) is 0.919. The molecule has 2 atom stereocenters. The molecule has 0 saturated carbocycles. The molecule has 0 aliphatic carbocycles. The molecule has 1 aromatic rings. The van der Waals surface area contributed by atoms with E-state index in [1.54, 1.807) is 0 Å². The molecule has 3 heteroatoms. The van der Waals surface area contributed by atoms with Crippen molar-refractivity contribution in [1.82, 2.24) is 4.90 Å². The molecule has 2 unspecified atom stereocenters. The third kappa shape index (κ3) is 3.92. The fourth-order valence-electron chi connectivity index (χ4n) is 2.77. The van der Waals surface area contributed by atoms with E-state index in [0.29, 0.717) is 13.2 Å². The van der Waals surface area contributed by atoms with Gasteiger partial charge in [-0.25, -0.2) is 0 Å². The zero-order valence-electron chi connectivity index (χ0n) is 12.3. The number of hydrogen-bond donors (Lipinski definition) is 1. The minimum atomic E-state index is -0.286. The number of morpholine rings is 1. The van der Waals surface area contributed by atoms with Crippen LogP contribution in [0.15, 0.2) is 43.0 Å². The normalized spacial score (nSPS) is 25.3. The minimum Gasteiger partial charge on any atom is -0.392 e. The van der Waals surface area contributed by atoms with E-state index >= 15 is 0 Å². The molecule has 1 fully saturated rings. The third-order valence-electron chi connectivity index (χ3n) is 3.91. The summed E-state index contributed by atoms with van der Waals surface area (Å²) in [5, 5.41) is 10.0. The van der Waals surface area contributed by atoms with Crippen molar-refractivity contribution in [2.24, 2.45) is 0 Å². The van der Waals surface area contributed by atoms with Gasteiger partial charge in [-0.15, -0.1) is 6.58 Å². The number of allylic oxidation sites excluding steroid dienone is 1. The van der Waals surface area contributed by atoms with Gasteiger partial charge in [0.2, 0.25) is 0 Å². The Labute approximate surface area is 121 Å². The molecule has 0 bridgehead atoms. The first-order valence-corrected chi connectivity index (χ1v) is 7.35. The van der Waals surface area contributed by atoms with Gasteiger partial charge in [0.05, 0.1) is 12.7 Å². The molecule has 0 aromatic heterocycles. The van der Waals surface area contributed by atoms with Crippen molar-refractivity contribution in [3.8, 4) is 0 Å². The molecule has 2 rings (SSSR count). The highest BCUT2D eigenvalue weighted by Gasteiger charge is 2.34. The Kier molecular flexibility index (Phi) is 5.35. The number of aliphatic hydroxyl groups excluding tert-OH is 1. The molecule has 0 amide bonds. The molecule has 1 aliphatic heterocycles. The molecular formula is C17H25NO2. The van der Waals surface area contributed by atoms with Crippen LogP contribution in [0.5, 0.6) is 0 Å². The van der Waals surface area contributed by atoms with E-state index in [1.807, 2.05) is 24.3 Å². The van der Waals surface area contributed by atoms with Crippen LogP contribution < -0.4 is 0 Å². The van der Waals surface area contributed by atoms with Gasteiger partial charge in [0.1, 0.15) is 5.60 Å². The monoisotopic (exact) mass is 275 g/mol. The van der Waals surface area contributed by atoms with Crippen LogP contribution in [0.2, 0.25) is 0 Å². The van der Waals surface area contributed by atoms with Gasteiger partial charge in [0, 0.05) is 19.6 Å². The van der Waals surface area contributed by atoms with Crippen molar-refractivity contribution in [2.45, 2.75) is 31.5 Å². The van der Waals surface area contributed by atoms with Crippen molar-refractivity contribution in [3.63, 3.8) is 0 Å². The number of benzene rings is 1. The SMILES string of the molecule is C=CCCC(O)CN1CCOC(C)(c2ccccc2)C1. The van der Waals surface area contributed by atoms with E-state index in [4.69, 9.17) is 4.74 Å². The fourth-order valence-corrected chi connectivity index (χ4v) is 2.77. The number of ether oxygens (including phenoxy) is 1. The Hall–Kier alpha value is -1.16. The van der Waals surface area contributed by atoms with Gasteiger partial charge in [-0.05, 0) is 25.3 Å². The van der Waals surface area contributed by atoms with E-state index in [2.05, 4.69) is 30.5 Å². The van der Waals surface area contributed by atoms with Crippen molar-refractivity contribution in [1.29, 1.82) is 0 Å². The number of nitrogens with zero attached hydrogens (tertiary/aromatic N) is 1. The number of aliphatic hydroxyl groups is 1. The van der Waals surface area contributed by atoms with Gasteiger partial charge in [0.25, 0.3) is 0 Å². The molecule has 1 saturated heterocycles. The molecule has 0 radical (unpaired) electrons. The Morgan fingerprint density at radius 3 is 2.90 bits per heavy atom. The van der Waals surface area contributed by atoms with E-state index in [9.17, 15) is 5.11 Å². The van der Waals surface area contributed by atoms with E-state index < -0.39 is 0 Å². The summed E-state index contributed by atoms with van der Waals surface area (Å²) in [4.78, 5) is 2.30. The molecular weight excluding hydrogens is 250 g/mol. The lowest BCUT2D eigenvalue weighted by atomic mass is 9.93. The maximum Gasteiger partial charge on any atom is 0.103 e. The maximum absolute atomic E-state index is 10.0. The molecule has 1 aliphatic rings. The van der Waals surface area contributed by atoms with Crippen LogP contribution in [-0.2, 0) is 10.3 Å². The first kappa shape index (κ1) is 15.2. The summed E-state index contributed by atoms with van der Waals surface area (Å²) < 4.78 is 6.00. The topological polar surface area (TPSA) is 32.7 Å². The van der Waals surface area contributed by atoms with Gasteiger partial charge in [-0.3, -0.25) is 4.90 Å². The van der Waals surface area contributed by atoms with Crippen molar-refractivity contribution >= 4 is 0 Å². The molecule has 20 heavy (non-hydrogen) atoms. The second-order valence-electron chi connectivity index (χ2n) is 5.70. The van der Waals surface area contributed by atoms with Crippen molar-refractivity contribution < 1.29 is 9.84 Å². The third-order valence-corrected chi connectivity index (χ3v) is 3.91. The first-order valence-electron chi connectivity index (χ1n) is 7.35. The van der Waals surface area contributed by atoms with Crippen LogP contribution in [0, 0.1) is 0 Å². The zero-order valence-corrected chi connectivity index (χ0v) is 12.3. The summed E-state index contributed by atoms with van der Waals surface area (Å²) in [6.07, 6.45) is 3.21. The zero-order chi connectivity index (χ0) is 14.4. The number of hydrogen-bond acceptors (Lipinski definition) is 3. The predicted molar refractivity (Wildman–Crippen MR) is 81.6 cm³/mol. The smallest absolute Gasteiger partial charge is 0.103 e. The summed E-state index contributed by atoms with van der Waals surface area (Å²) in [5.74, 6) is 0. The lowest BCUT2D eigenvalue weighted by Crippen LogP contribution is -2.50. The molecule has 0 spiro atoms. The van der Waals surface area contributed by atoms with Crippen LogP contribution in [0.3, 0.4) is 0 Å². The van der Waals surface area contributed by atoms with Crippen LogP contribution in [-0.4, -0.2) is 42.4 Å². The average Bonchev–Trinajstić information content (AvgIpc) is 2.46. The molecule has 1 heterocycles. The van der Waals surface area contributed by atoms with E-state index in [0.717, 1.165) is 25.9 Å². The first-order chi connectivity index (χ1) is 9.64. The average molecular weight is 275 g/mol. The Balaban J connectivity index is 1.96. The van der Waals surface area contributed by atoms with Crippen LogP contribution >= 0.6 is 0 Å². The maximum atomic E-state index is 10.0. The highest BCUT2D eigenvalue weighted by molar-refractivity contribution is 5.22. The second-order valence-corrected chi connectivity index (χ2v) is 5.70. The molecule has 1 aromatic carbocycles.